The first-order valence-corrected chi connectivity index (χ1v) is 7.56. The van der Waals surface area contributed by atoms with Crippen molar-refractivity contribution in [2.24, 2.45) is 10.7 Å². The molecule has 21 heavy (non-hydrogen) atoms. The molecule has 0 aromatic heterocycles. The van der Waals surface area contributed by atoms with E-state index in [0.717, 1.165) is 18.2 Å². The van der Waals surface area contributed by atoms with Gasteiger partial charge >= 0.3 is 0 Å². The normalized spacial score (nSPS) is 28.0. The SMILES string of the molecule is CCCN1C(=O)C(O)(C2SC(N)=NC2=O)c2ccccc21. The lowest BCUT2D eigenvalue weighted by molar-refractivity contribution is -0.140. The second kappa shape index (κ2) is 4.85. The van der Waals surface area contributed by atoms with Crippen molar-refractivity contribution in [1.29, 1.82) is 0 Å². The summed E-state index contributed by atoms with van der Waals surface area (Å²) in [6, 6.07) is 6.98. The van der Waals surface area contributed by atoms with Gasteiger partial charge in [0.05, 0.1) is 5.69 Å². The summed E-state index contributed by atoms with van der Waals surface area (Å²) in [6.07, 6.45) is 0.751. The number of hydrogen-bond donors (Lipinski definition) is 2. The molecule has 2 aliphatic rings. The monoisotopic (exact) mass is 305 g/mol. The molecule has 2 unspecified atom stereocenters. The summed E-state index contributed by atoms with van der Waals surface area (Å²) in [5.41, 5.74) is 4.74. The zero-order valence-corrected chi connectivity index (χ0v) is 12.3. The summed E-state index contributed by atoms with van der Waals surface area (Å²) < 4.78 is 0. The number of aliphatic imine (C=N–C) groups is 1. The van der Waals surface area contributed by atoms with E-state index in [-0.39, 0.29) is 5.17 Å². The number of amidine groups is 1. The van der Waals surface area contributed by atoms with Crippen LogP contribution < -0.4 is 10.6 Å². The van der Waals surface area contributed by atoms with E-state index >= 15 is 0 Å². The van der Waals surface area contributed by atoms with Crippen LogP contribution in [0.4, 0.5) is 5.69 Å². The van der Waals surface area contributed by atoms with Gasteiger partial charge < -0.3 is 15.7 Å². The molecule has 0 fully saturated rings. The minimum atomic E-state index is -1.90. The van der Waals surface area contributed by atoms with E-state index in [9.17, 15) is 14.7 Å². The first kappa shape index (κ1) is 14.1. The van der Waals surface area contributed by atoms with Gasteiger partial charge in [-0.25, -0.2) is 0 Å². The van der Waals surface area contributed by atoms with Crippen molar-refractivity contribution in [3.63, 3.8) is 0 Å². The number of anilines is 1. The van der Waals surface area contributed by atoms with Crippen molar-refractivity contribution in [2.45, 2.75) is 24.2 Å². The summed E-state index contributed by atoms with van der Waals surface area (Å²) in [5.74, 6) is -1.05. The highest BCUT2D eigenvalue weighted by atomic mass is 32.2. The van der Waals surface area contributed by atoms with Gasteiger partial charge in [0.1, 0.15) is 5.25 Å². The Morgan fingerprint density at radius 1 is 1.43 bits per heavy atom. The molecule has 2 heterocycles. The number of hydrogen-bond acceptors (Lipinski definition) is 5. The van der Waals surface area contributed by atoms with Crippen LogP contribution in [0.15, 0.2) is 29.3 Å². The number of carbonyl (C=O) groups is 2. The van der Waals surface area contributed by atoms with Crippen LogP contribution in [0.1, 0.15) is 18.9 Å². The van der Waals surface area contributed by atoms with Crippen molar-refractivity contribution in [3.05, 3.63) is 29.8 Å². The van der Waals surface area contributed by atoms with E-state index in [1.807, 2.05) is 6.92 Å². The molecular weight excluding hydrogens is 290 g/mol. The highest BCUT2D eigenvalue weighted by Crippen LogP contribution is 2.47. The number of carbonyl (C=O) groups excluding carboxylic acids is 2. The van der Waals surface area contributed by atoms with E-state index in [4.69, 9.17) is 5.73 Å². The molecule has 3 rings (SSSR count). The maximum atomic E-state index is 12.7. The number of benzene rings is 1. The summed E-state index contributed by atoms with van der Waals surface area (Å²) in [7, 11) is 0. The molecule has 110 valence electrons. The van der Waals surface area contributed by atoms with Gasteiger partial charge in [0, 0.05) is 12.1 Å². The Balaban J connectivity index is 2.11. The van der Waals surface area contributed by atoms with Gasteiger partial charge in [0.25, 0.3) is 11.8 Å². The van der Waals surface area contributed by atoms with Crippen LogP contribution in [0.25, 0.3) is 0 Å². The molecule has 0 radical (unpaired) electrons. The van der Waals surface area contributed by atoms with E-state index < -0.39 is 22.7 Å². The zero-order valence-electron chi connectivity index (χ0n) is 11.4. The molecule has 0 saturated carbocycles. The van der Waals surface area contributed by atoms with E-state index in [0.29, 0.717) is 17.8 Å². The summed E-state index contributed by atoms with van der Waals surface area (Å²) >= 11 is 0.938. The van der Waals surface area contributed by atoms with Gasteiger partial charge in [-0.3, -0.25) is 9.59 Å². The average Bonchev–Trinajstić information content (AvgIpc) is 2.91. The average molecular weight is 305 g/mol. The molecular formula is C14H15N3O3S. The first-order chi connectivity index (χ1) is 10.00. The van der Waals surface area contributed by atoms with Gasteiger partial charge in [0.15, 0.2) is 10.8 Å². The molecule has 0 aliphatic carbocycles. The molecule has 0 saturated heterocycles. The third-order valence-corrected chi connectivity index (χ3v) is 4.80. The quantitative estimate of drug-likeness (QED) is 0.852. The van der Waals surface area contributed by atoms with Crippen LogP contribution in [0.2, 0.25) is 0 Å². The zero-order chi connectivity index (χ0) is 15.2. The second-order valence-corrected chi connectivity index (χ2v) is 6.15. The number of para-hydroxylation sites is 1. The molecule has 7 heteroatoms. The molecule has 1 aromatic rings. The predicted molar refractivity (Wildman–Crippen MR) is 81.0 cm³/mol. The highest BCUT2D eigenvalue weighted by Gasteiger charge is 2.58. The fraction of sp³-hybridized carbons (Fsp3) is 0.357. The number of thioether (sulfide) groups is 1. The first-order valence-electron chi connectivity index (χ1n) is 6.68. The summed E-state index contributed by atoms with van der Waals surface area (Å²) in [6.45, 7) is 2.43. The maximum Gasteiger partial charge on any atom is 0.265 e. The van der Waals surface area contributed by atoms with E-state index in [1.165, 1.54) is 4.90 Å². The Labute approximate surface area is 126 Å². The summed E-state index contributed by atoms with van der Waals surface area (Å²) in [5, 5.41) is 10.1. The molecule has 0 spiro atoms. The third-order valence-electron chi connectivity index (χ3n) is 3.69. The third kappa shape index (κ3) is 1.88. The fourth-order valence-corrected chi connectivity index (χ4v) is 3.73. The number of nitrogens with zero attached hydrogens (tertiary/aromatic N) is 2. The molecule has 3 N–H and O–H groups in total. The van der Waals surface area contributed by atoms with Crippen LogP contribution in [-0.4, -0.2) is 33.9 Å². The van der Waals surface area contributed by atoms with Gasteiger partial charge in [-0.05, 0) is 12.5 Å². The lowest BCUT2D eigenvalue weighted by Crippen LogP contribution is -2.49. The van der Waals surface area contributed by atoms with Crippen molar-refractivity contribution in [1.82, 2.24) is 0 Å². The number of fused-ring (bicyclic) bond motifs is 1. The van der Waals surface area contributed by atoms with Crippen molar-refractivity contribution in [3.8, 4) is 0 Å². The van der Waals surface area contributed by atoms with Crippen LogP contribution in [0.5, 0.6) is 0 Å². The highest BCUT2D eigenvalue weighted by molar-refractivity contribution is 8.15. The maximum absolute atomic E-state index is 12.7. The minimum Gasteiger partial charge on any atom is -0.378 e. The molecule has 2 atom stereocenters. The Morgan fingerprint density at radius 3 is 2.76 bits per heavy atom. The number of aliphatic hydroxyl groups is 1. The van der Waals surface area contributed by atoms with Crippen LogP contribution in [0.3, 0.4) is 0 Å². The second-order valence-electron chi connectivity index (χ2n) is 5.03. The lowest BCUT2D eigenvalue weighted by Gasteiger charge is -2.26. The molecule has 2 aliphatic heterocycles. The van der Waals surface area contributed by atoms with Crippen molar-refractivity contribution >= 4 is 34.4 Å². The van der Waals surface area contributed by atoms with Gasteiger partial charge in [-0.2, -0.15) is 4.99 Å². The minimum absolute atomic E-state index is 0.0812. The Morgan fingerprint density at radius 2 is 2.14 bits per heavy atom. The topological polar surface area (TPSA) is 96.0 Å². The molecule has 6 nitrogen and oxygen atoms in total. The Hall–Kier alpha value is -1.86. The smallest absolute Gasteiger partial charge is 0.265 e. The van der Waals surface area contributed by atoms with Crippen LogP contribution in [0, 0.1) is 0 Å². The van der Waals surface area contributed by atoms with Crippen LogP contribution >= 0.6 is 11.8 Å². The molecule has 1 aromatic carbocycles. The standard InChI is InChI=1S/C14H15N3O3S/c1-2-7-17-9-6-4-3-5-8(9)14(20,12(17)19)10-11(18)16-13(15)21-10/h3-6,10,20H,2,7H2,1H3,(H2,15,16,18). The van der Waals surface area contributed by atoms with E-state index in [2.05, 4.69) is 4.99 Å². The van der Waals surface area contributed by atoms with Gasteiger partial charge in [0.2, 0.25) is 0 Å². The fourth-order valence-electron chi connectivity index (χ4n) is 2.79. The Kier molecular flexibility index (Phi) is 3.26. The lowest BCUT2D eigenvalue weighted by atomic mass is 9.91. The van der Waals surface area contributed by atoms with E-state index in [1.54, 1.807) is 24.3 Å². The van der Waals surface area contributed by atoms with Crippen molar-refractivity contribution < 1.29 is 14.7 Å². The predicted octanol–water partition coefficient (Wildman–Crippen LogP) is 0.588. The number of amides is 2. The van der Waals surface area contributed by atoms with Crippen molar-refractivity contribution in [2.75, 3.05) is 11.4 Å². The molecule has 2 amide bonds. The van der Waals surface area contributed by atoms with Crippen LogP contribution in [-0.2, 0) is 15.2 Å². The summed E-state index contributed by atoms with van der Waals surface area (Å²) in [4.78, 5) is 29.9. The number of nitrogens with two attached hydrogens (primary N) is 1. The Bertz CT molecular complexity index is 661. The van der Waals surface area contributed by atoms with Gasteiger partial charge in [-0.15, -0.1) is 0 Å². The number of rotatable bonds is 3. The molecule has 0 bridgehead atoms. The van der Waals surface area contributed by atoms with Gasteiger partial charge in [-0.1, -0.05) is 36.9 Å². The largest absolute Gasteiger partial charge is 0.378 e.